The third kappa shape index (κ3) is 5.39. The number of aryl methyl sites for hydroxylation is 2. The van der Waals surface area contributed by atoms with Crippen LogP contribution >= 0.6 is 0 Å². The topological polar surface area (TPSA) is 88.7 Å². The standard InChI is InChI=1S/C21H27N3O4/c1-13-7-6-8-14(2)20(13)24-19(25)12-22-21(26)15(3)23-17-10-9-16(27-4)11-18(17)28-5/h6-11,15,23H,12H2,1-5H3,(H,22,26)(H,24,25)/t15-/m0/s1. The number of rotatable bonds is 8. The van der Waals surface area contributed by atoms with Crippen LogP contribution in [0.15, 0.2) is 36.4 Å². The van der Waals surface area contributed by atoms with Crippen molar-refractivity contribution in [2.75, 3.05) is 31.4 Å². The Balaban J connectivity index is 1.91. The molecule has 3 N–H and O–H groups in total. The summed E-state index contributed by atoms with van der Waals surface area (Å²) in [5.41, 5.74) is 3.38. The molecule has 7 heteroatoms. The number of hydrogen-bond donors (Lipinski definition) is 3. The predicted molar refractivity (Wildman–Crippen MR) is 110 cm³/mol. The van der Waals surface area contributed by atoms with Crippen molar-refractivity contribution in [1.82, 2.24) is 5.32 Å². The lowest BCUT2D eigenvalue weighted by Gasteiger charge is -2.18. The van der Waals surface area contributed by atoms with Crippen LogP contribution in [0.3, 0.4) is 0 Å². The fourth-order valence-corrected chi connectivity index (χ4v) is 2.73. The zero-order valence-electron chi connectivity index (χ0n) is 16.9. The minimum absolute atomic E-state index is 0.113. The van der Waals surface area contributed by atoms with E-state index in [1.807, 2.05) is 32.0 Å². The fraction of sp³-hybridized carbons (Fsp3) is 0.333. The van der Waals surface area contributed by atoms with Gasteiger partial charge in [-0.15, -0.1) is 0 Å². The van der Waals surface area contributed by atoms with Gasteiger partial charge in [0, 0.05) is 11.8 Å². The van der Waals surface area contributed by atoms with E-state index in [0.29, 0.717) is 17.2 Å². The summed E-state index contributed by atoms with van der Waals surface area (Å²) in [5.74, 6) is 0.643. The number of amides is 2. The van der Waals surface area contributed by atoms with E-state index in [2.05, 4.69) is 16.0 Å². The molecule has 0 aliphatic carbocycles. The Morgan fingerprint density at radius 1 is 1.04 bits per heavy atom. The van der Waals surface area contributed by atoms with Crippen molar-refractivity contribution in [3.63, 3.8) is 0 Å². The highest BCUT2D eigenvalue weighted by atomic mass is 16.5. The molecule has 2 rings (SSSR count). The first kappa shape index (κ1) is 21.1. The van der Waals surface area contributed by atoms with Crippen LogP contribution in [0.5, 0.6) is 11.5 Å². The molecule has 0 bridgehead atoms. The van der Waals surface area contributed by atoms with Crippen molar-refractivity contribution in [3.05, 3.63) is 47.5 Å². The van der Waals surface area contributed by atoms with Crippen LogP contribution in [0.4, 0.5) is 11.4 Å². The molecule has 0 unspecified atom stereocenters. The Labute approximate surface area is 165 Å². The van der Waals surface area contributed by atoms with Gasteiger partial charge in [-0.25, -0.2) is 0 Å². The number of para-hydroxylation sites is 1. The summed E-state index contributed by atoms with van der Waals surface area (Å²) in [6.45, 7) is 5.45. The lowest BCUT2D eigenvalue weighted by Crippen LogP contribution is -2.41. The largest absolute Gasteiger partial charge is 0.497 e. The minimum Gasteiger partial charge on any atom is -0.497 e. The van der Waals surface area contributed by atoms with Gasteiger partial charge < -0.3 is 25.4 Å². The van der Waals surface area contributed by atoms with E-state index in [1.54, 1.807) is 39.3 Å². The molecular weight excluding hydrogens is 358 g/mol. The molecule has 0 spiro atoms. The number of ether oxygens (including phenoxy) is 2. The maximum atomic E-state index is 12.3. The SMILES string of the molecule is COc1ccc(N[C@@H](C)C(=O)NCC(=O)Nc2c(C)cccc2C)c(OC)c1. The van der Waals surface area contributed by atoms with E-state index < -0.39 is 6.04 Å². The molecule has 0 aromatic heterocycles. The van der Waals surface area contributed by atoms with E-state index in [4.69, 9.17) is 9.47 Å². The summed E-state index contributed by atoms with van der Waals surface area (Å²) in [4.78, 5) is 24.5. The molecular formula is C21H27N3O4. The molecule has 28 heavy (non-hydrogen) atoms. The van der Waals surface area contributed by atoms with Gasteiger partial charge >= 0.3 is 0 Å². The number of hydrogen-bond acceptors (Lipinski definition) is 5. The van der Waals surface area contributed by atoms with E-state index in [-0.39, 0.29) is 18.4 Å². The summed E-state index contributed by atoms with van der Waals surface area (Å²) in [5, 5.41) is 8.57. The lowest BCUT2D eigenvalue weighted by molar-refractivity contribution is -0.124. The highest BCUT2D eigenvalue weighted by Gasteiger charge is 2.16. The quantitative estimate of drug-likeness (QED) is 0.650. The van der Waals surface area contributed by atoms with Crippen LogP contribution in [0.25, 0.3) is 0 Å². The highest BCUT2D eigenvalue weighted by molar-refractivity contribution is 5.96. The summed E-state index contributed by atoms with van der Waals surface area (Å²) in [7, 11) is 3.12. The molecule has 2 aromatic carbocycles. The monoisotopic (exact) mass is 385 g/mol. The van der Waals surface area contributed by atoms with Crippen molar-refractivity contribution in [2.24, 2.45) is 0 Å². The number of nitrogens with one attached hydrogen (secondary N) is 3. The molecule has 7 nitrogen and oxygen atoms in total. The van der Waals surface area contributed by atoms with Gasteiger partial charge in [0.2, 0.25) is 11.8 Å². The van der Waals surface area contributed by atoms with Crippen LogP contribution in [0.2, 0.25) is 0 Å². The Hall–Kier alpha value is -3.22. The molecule has 0 fully saturated rings. The molecule has 0 saturated carbocycles. The molecule has 2 aromatic rings. The second-order valence-electron chi connectivity index (χ2n) is 6.47. The zero-order chi connectivity index (χ0) is 20.7. The second-order valence-corrected chi connectivity index (χ2v) is 6.47. The molecule has 150 valence electrons. The normalized spacial score (nSPS) is 11.3. The first-order valence-corrected chi connectivity index (χ1v) is 8.98. The van der Waals surface area contributed by atoms with Gasteiger partial charge in [-0.1, -0.05) is 18.2 Å². The molecule has 1 atom stereocenters. The Morgan fingerprint density at radius 2 is 1.71 bits per heavy atom. The van der Waals surface area contributed by atoms with Gasteiger partial charge in [0.25, 0.3) is 0 Å². The third-order valence-corrected chi connectivity index (χ3v) is 4.34. The average Bonchev–Trinajstić information content (AvgIpc) is 2.69. The Bertz CT molecular complexity index is 831. The predicted octanol–water partition coefficient (Wildman–Crippen LogP) is 2.88. The van der Waals surface area contributed by atoms with Gasteiger partial charge in [-0.05, 0) is 44.0 Å². The van der Waals surface area contributed by atoms with Crippen molar-refractivity contribution in [3.8, 4) is 11.5 Å². The van der Waals surface area contributed by atoms with Gasteiger partial charge in [0.1, 0.15) is 17.5 Å². The first-order chi connectivity index (χ1) is 13.3. The van der Waals surface area contributed by atoms with Crippen LogP contribution in [-0.4, -0.2) is 38.6 Å². The highest BCUT2D eigenvalue weighted by Crippen LogP contribution is 2.29. The number of carbonyl (C=O) groups is 2. The number of methoxy groups -OCH3 is 2. The smallest absolute Gasteiger partial charge is 0.243 e. The third-order valence-electron chi connectivity index (χ3n) is 4.34. The van der Waals surface area contributed by atoms with Crippen molar-refractivity contribution in [2.45, 2.75) is 26.8 Å². The van der Waals surface area contributed by atoms with Crippen LogP contribution in [-0.2, 0) is 9.59 Å². The van der Waals surface area contributed by atoms with E-state index in [0.717, 1.165) is 16.8 Å². The summed E-state index contributed by atoms with van der Waals surface area (Å²) < 4.78 is 10.5. The molecule has 0 aliphatic rings. The molecule has 0 aliphatic heterocycles. The van der Waals surface area contributed by atoms with Gasteiger partial charge in [0.15, 0.2) is 0 Å². The zero-order valence-corrected chi connectivity index (χ0v) is 16.9. The van der Waals surface area contributed by atoms with Crippen molar-refractivity contribution >= 4 is 23.2 Å². The molecule has 0 saturated heterocycles. The van der Waals surface area contributed by atoms with Gasteiger partial charge in [-0.2, -0.15) is 0 Å². The van der Waals surface area contributed by atoms with Crippen molar-refractivity contribution in [1.29, 1.82) is 0 Å². The van der Waals surface area contributed by atoms with Crippen LogP contribution < -0.4 is 25.4 Å². The average molecular weight is 385 g/mol. The van der Waals surface area contributed by atoms with Crippen LogP contribution in [0.1, 0.15) is 18.1 Å². The maximum Gasteiger partial charge on any atom is 0.243 e. The van der Waals surface area contributed by atoms with Gasteiger partial charge in [-0.3, -0.25) is 9.59 Å². The molecule has 0 radical (unpaired) electrons. The second kappa shape index (κ2) is 9.64. The van der Waals surface area contributed by atoms with E-state index >= 15 is 0 Å². The van der Waals surface area contributed by atoms with E-state index in [9.17, 15) is 9.59 Å². The summed E-state index contributed by atoms with van der Waals surface area (Å²) in [6, 6.07) is 10.5. The molecule has 0 heterocycles. The minimum atomic E-state index is -0.560. The van der Waals surface area contributed by atoms with E-state index in [1.165, 1.54) is 0 Å². The Morgan fingerprint density at radius 3 is 2.32 bits per heavy atom. The lowest BCUT2D eigenvalue weighted by atomic mass is 10.1. The summed E-state index contributed by atoms with van der Waals surface area (Å²) >= 11 is 0. The number of carbonyl (C=O) groups excluding carboxylic acids is 2. The van der Waals surface area contributed by atoms with Crippen LogP contribution in [0, 0.1) is 13.8 Å². The fourth-order valence-electron chi connectivity index (χ4n) is 2.73. The van der Waals surface area contributed by atoms with Gasteiger partial charge in [0.05, 0.1) is 26.5 Å². The number of benzene rings is 2. The molecule has 2 amide bonds. The Kier molecular flexibility index (Phi) is 7.26. The first-order valence-electron chi connectivity index (χ1n) is 8.98. The van der Waals surface area contributed by atoms with Crippen molar-refractivity contribution < 1.29 is 19.1 Å². The maximum absolute atomic E-state index is 12.3. The summed E-state index contributed by atoms with van der Waals surface area (Å²) in [6.07, 6.45) is 0. The number of anilines is 2.